The molecular weight excluding hydrogens is 240 g/mol. The third kappa shape index (κ3) is 3.86. The molecule has 0 spiro atoms. The third-order valence-electron chi connectivity index (χ3n) is 2.60. The molecule has 19 heavy (non-hydrogen) atoms. The molecule has 0 fully saturated rings. The number of para-hydroxylation sites is 1. The molecule has 2 aromatic rings. The Balaban J connectivity index is 2.15. The van der Waals surface area contributed by atoms with Crippen LogP contribution in [0.1, 0.15) is 11.1 Å². The Morgan fingerprint density at radius 1 is 1.00 bits per heavy atom. The first-order valence-corrected chi connectivity index (χ1v) is 5.97. The van der Waals surface area contributed by atoms with Crippen LogP contribution in [0.15, 0.2) is 48.5 Å². The molecule has 0 saturated heterocycles. The first kappa shape index (κ1) is 13.2. The molecule has 0 amide bonds. The van der Waals surface area contributed by atoms with Gasteiger partial charge in [0.15, 0.2) is 6.79 Å². The number of phenolic OH excluding ortho intramolecular Hbond substituents is 1. The molecule has 0 atom stereocenters. The monoisotopic (exact) mass is 256 g/mol. The van der Waals surface area contributed by atoms with E-state index in [1.165, 1.54) is 0 Å². The molecule has 1 N–H and O–H groups in total. The van der Waals surface area contributed by atoms with Crippen LogP contribution in [0.2, 0.25) is 0 Å². The maximum Gasteiger partial charge on any atom is 0.188 e. The van der Waals surface area contributed by atoms with E-state index in [0.29, 0.717) is 0 Å². The highest BCUT2D eigenvalue weighted by Gasteiger charge is 1.98. The van der Waals surface area contributed by atoms with Crippen LogP contribution < -0.4 is 4.74 Å². The number of ether oxygens (including phenoxy) is 2. The summed E-state index contributed by atoms with van der Waals surface area (Å²) in [5.74, 6) is 1.04. The molecule has 3 nitrogen and oxygen atoms in total. The topological polar surface area (TPSA) is 38.7 Å². The summed E-state index contributed by atoms with van der Waals surface area (Å²) >= 11 is 0. The van der Waals surface area contributed by atoms with E-state index in [9.17, 15) is 5.11 Å². The molecule has 98 valence electrons. The third-order valence-corrected chi connectivity index (χ3v) is 2.60. The Morgan fingerprint density at radius 3 is 2.47 bits per heavy atom. The Hall–Kier alpha value is -2.26. The predicted molar refractivity (Wildman–Crippen MR) is 76.0 cm³/mol. The fraction of sp³-hybridized carbons (Fsp3) is 0.125. The van der Waals surface area contributed by atoms with E-state index in [2.05, 4.69) is 0 Å². The fourth-order valence-electron chi connectivity index (χ4n) is 1.64. The highest BCUT2D eigenvalue weighted by atomic mass is 16.7. The van der Waals surface area contributed by atoms with Gasteiger partial charge in [-0.2, -0.15) is 0 Å². The van der Waals surface area contributed by atoms with Crippen molar-refractivity contribution in [1.29, 1.82) is 0 Å². The SMILES string of the molecule is COCOc1ccccc1/C=C/c1ccc(O)cc1. The van der Waals surface area contributed by atoms with Crippen LogP contribution in [-0.2, 0) is 4.74 Å². The fourth-order valence-corrected chi connectivity index (χ4v) is 1.64. The van der Waals surface area contributed by atoms with E-state index < -0.39 is 0 Å². The van der Waals surface area contributed by atoms with Gasteiger partial charge in [-0.15, -0.1) is 0 Å². The maximum atomic E-state index is 9.23. The van der Waals surface area contributed by atoms with E-state index in [4.69, 9.17) is 9.47 Å². The van der Waals surface area contributed by atoms with Crippen molar-refractivity contribution in [3.8, 4) is 11.5 Å². The van der Waals surface area contributed by atoms with Gasteiger partial charge in [-0.3, -0.25) is 0 Å². The molecule has 0 aromatic heterocycles. The highest BCUT2D eigenvalue weighted by molar-refractivity contribution is 5.72. The van der Waals surface area contributed by atoms with Crippen LogP contribution in [0, 0.1) is 0 Å². The minimum Gasteiger partial charge on any atom is -0.508 e. The lowest BCUT2D eigenvalue weighted by Gasteiger charge is -2.07. The van der Waals surface area contributed by atoms with Gasteiger partial charge in [0.25, 0.3) is 0 Å². The van der Waals surface area contributed by atoms with E-state index in [-0.39, 0.29) is 12.5 Å². The summed E-state index contributed by atoms with van der Waals surface area (Å²) in [7, 11) is 1.59. The summed E-state index contributed by atoms with van der Waals surface area (Å²) in [6, 6.07) is 14.8. The largest absolute Gasteiger partial charge is 0.508 e. The van der Waals surface area contributed by atoms with Gasteiger partial charge in [0.1, 0.15) is 11.5 Å². The van der Waals surface area contributed by atoms with E-state index in [0.717, 1.165) is 16.9 Å². The zero-order valence-electron chi connectivity index (χ0n) is 10.7. The Bertz CT molecular complexity index is 544. The number of rotatable bonds is 5. The van der Waals surface area contributed by atoms with Crippen molar-refractivity contribution < 1.29 is 14.6 Å². The number of phenols is 1. The molecule has 3 heteroatoms. The summed E-state index contributed by atoms with van der Waals surface area (Å²) < 4.78 is 10.4. The van der Waals surface area contributed by atoms with Crippen molar-refractivity contribution in [1.82, 2.24) is 0 Å². The van der Waals surface area contributed by atoms with Gasteiger partial charge in [-0.25, -0.2) is 0 Å². The van der Waals surface area contributed by atoms with Gasteiger partial charge in [0, 0.05) is 12.7 Å². The molecule has 0 radical (unpaired) electrons. The first-order valence-electron chi connectivity index (χ1n) is 5.97. The highest BCUT2D eigenvalue weighted by Crippen LogP contribution is 2.21. The second-order valence-corrected chi connectivity index (χ2v) is 4.01. The van der Waals surface area contributed by atoms with Gasteiger partial charge in [-0.1, -0.05) is 42.5 Å². The minimum atomic E-state index is 0.226. The number of aromatic hydroxyl groups is 1. The number of methoxy groups -OCH3 is 1. The smallest absolute Gasteiger partial charge is 0.188 e. The van der Waals surface area contributed by atoms with Crippen LogP contribution in [0.25, 0.3) is 12.2 Å². The summed E-state index contributed by atoms with van der Waals surface area (Å²) in [5.41, 5.74) is 1.99. The van der Waals surface area contributed by atoms with Gasteiger partial charge in [-0.05, 0) is 23.8 Å². The average Bonchev–Trinajstić information content (AvgIpc) is 2.45. The molecule has 0 unspecified atom stereocenters. The minimum absolute atomic E-state index is 0.226. The summed E-state index contributed by atoms with van der Waals surface area (Å²) in [4.78, 5) is 0. The Morgan fingerprint density at radius 2 is 1.74 bits per heavy atom. The van der Waals surface area contributed by atoms with Gasteiger partial charge >= 0.3 is 0 Å². The summed E-state index contributed by atoms with van der Waals surface area (Å²) in [6.07, 6.45) is 3.94. The van der Waals surface area contributed by atoms with E-state index in [1.54, 1.807) is 19.2 Å². The zero-order valence-corrected chi connectivity index (χ0v) is 10.7. The second kappa shape index (κ2) is 6.61. The van der Waals surface area contributed by atoms with Crippen molar-refractivity contribution in [2.45, 2.75) is 0 Å². The Labute approximate surface area is 112 Å². The summed E-state index contributed by atoms with van der Waals surface area (Å²) in [6.45, 7) is 0.226. The van der Waals surface area contributed by atoms with Crippen molar-refractivity contribution in [3.05, 3.63) is 59.7 Å². The molecule has 0 saturated carbocycles. The van der Waals surface area contributed by atoms with Gasteiger partial charge < -0.3 is 14.6 Å². The quantitative estimate of drug-likeness (QED) is 0.657. The van der Waals surface area contributed by atoms with Crippen molar-refractivity contribution >= 4 is 12.2 Å². The molecule has 0 aliphatic carbocycles. The van der Waals surface area contributed by atoms with Crippen LogP contribution >= 0.6 is 0 Å². The lowest BCUT2D eigenvalue weighted by atomic mass is 10.1. The van der Waals surface area contributed by atoms with Gasteiger partial charge in [0.05, 0.1) is 0 Å². The average molecular weight is 256 g/mol. The lowest BCUT2D eigenvalue weighted by molar-refractivity contribution is 0.0510. The van der Waals surface area contributed by atoms with Crippen LogP contribution in [-0.4, -0.2) is 19.0 Å². The lowest BCUT2D eigenvalue weighted by Crippen LogP contribution is -1.99. The van der Waals surface area contributed by atoms with Crippen LogP contribution in [0.5, 0.6) is 11.5 Å². The van der Waals surface area contributed by atoms with Crippen molar-refractivity contribution in [3.63, 3.8) is 0 Å². The normalized spacial score (nSPS) is 10.8. The molecule has 2 aromatic carbocycles. The van der Waals surface area contributed by atoms with Crippen LogP contribution in [0.3, 0.4) is 0 Å². The number of hydrogen-bond donors (Lipinski definition) is 1. The van der Waals surface area contributed by atoms with Crippen molar-refractivity contribution in [2.75, 3.05) is 13.9 Å². The van der Waals surface area contributed by atoms with Crippen LogP contribution in [0.4, 0.5) is 0 Å². The van der Waals surface area contributed by atoms with Crippen molar-refractivity contribution in [2.24, 2.45) is 0 Å². The molecule has 0 aliphatic rings. The Kier molecular flexibility index (Phi) is 4.59. The van der Waals surface area contributed by atoms with Gasteiger partial charge in [0.2, 0.25) is 0 Å². The molecular formula is C16H16O3. The molecule has 0 bridgehead atoms. The predicted octanol–water partition coefficient (Wildman–Crippen LogP) is 3.55. The second-order valence-electron chi connectivity index (χ2n) is 4.01. The standard InChI is InChI=1S/C16H16O3/c1-18-12-19-16-5-3-2-4-14(16)9-6-13-7-10-15(17)11-8-13/h2-11,17H,12H2,1H3/b9-6+. The summed E-state index contributed by atoms with van der Waals surface area (Å²) in [5, 5.41) is 9.23. The molecule has 2 rings (SSSR count). The molecule has 0 heterocycles. The zero-order chi connectivity index (χ0) is 13.5. The van der Waals surface area contributed by atoms with E-state index in [1.807, 2.05) is 48.6 Å². The number of hydrogen-bond acceptors (Lipinski definition) is 3. The van der Waals surface area contributed by atoms with E-state index >= 15 is 0 Å². The number of benzene rings is 2. The molecule has 0 aliphatic heterocycles. The first-order chi connectivity index (χ1) is 9.29. The maximum absolute atomic E-state index is 9.23.